The largest absolute Gasteiger partial charge is 0.475 e. The van der Waals surface area contributed by atoms with Crippen molar-refractivity contribution in [1.82, 2.24) is 10.3 Å². The summed E-state index contributed by atoms with van der Waals surface area (Å²) in [6.07, 6.45) is -3.72. The average molecular weight is 410 g/mol. The molecule has 0 spiro atoms. The van der Waals surface area contributed by atoms with Crippen molar-refractivity contribution < 1.29 is 27.1 Å². The highest BCUT2D eigenvalue weighted by atomic mass is 32.1. The molecule has 148 valence electrons. The zero-order valence-corrected chi connectivity index (χ0v) is 15.6. The Morgan fingerprint density at radius 2 is 2.14 bits per heavy atom. The molecule has 1 aliphatic carbocycles. The van der Waals surface area contributed by atoms with Crippen molar-refractivity contribution in [3.8, 4) is 5.06 Å². The number of oxazole rings is 1. The summed E-state index contributed by atoms with van der Waals surface area (Å²) in [5.74, 6) is 0.184. The number of halogens is 3. The van der Waals surface area contributed by atoms with Gasteiger partial charge in [0.05, 0.1) is 12.0 Å². The first-order valence-electron chi connectivity index (χ1n) is 8.75. The Bertz CT molecular complexity index is 965. The first-order valence-corrected chi connectivity index (χ1v) is 9.57. The van der Waals surface area contributed by atoms with Crippen molar-refractivity contribution in [1.29, 1.82) is 0 Å². The van der Waals surface area contributed by atoms with Gasteiger partial charge in [-0.3, -0.25) is 4.79 Å². The SMILES string of the molecule is C[C@@H](NC(=O)C1C[C@H]1c1nc2ccccc2o1)c1ccc(OCC(F)(F)F)s1. The summed E-state index contributed by atoms with van der Waals surface area (Å²) in [7, 11) is 0. The molecular formula is C19H17F3N2O3S. The number of thiophene rings is 1. The maximum atomic E-state index is 12.5. The lowest BCUT2D eigenvalue weighted by molar-refractivity contribution is -0.152. The van der Waals surface area contributed by atoms with Crippen LogP contribution in [0.3, 0.4) is 0 Å². The topological polar surface area (TPSA) is 64.4 Å². The molecule has 2 heterocycles. The fourth-order valence-electron chi connectivity index (χ4n) is 3.00. The van der Waals surface area contributed by atoms with Crippen LogP contribution < -0.4 is 10.1 Å². The number of amides is 1. The number of nitrogens with zero attached hydrogens (tertiary/aromatic N) is 1. The minimum absolute atomic E-state index is 0.0476. The molecule has 1 saturated carbocycles. The molecule has 1 amide bonds. The Labute approximate surface area is 162 Å². The monoisotopic (exact) mass is 410 g/mol. The van der Waals surface area contributed by atoms with E-state index in [2.05, 4.69) is 10.3 Å². The molecule has 3 aromatic rings. The van der Waals surface area contributed by atoms with E-state index >= 15 is 0 Å². The van der Waals surface area contributed by atoms with Gasteiger partial charge in [0.15, 0.2) is 23.1 Å². The van der Waals surface area contributed by atoms with Gasteiger partial charge in [-0.15, -0.1) is 11.3 Å². The smallest absolute Gasteiger partial charge is 0.422 e. The molecule has 1 aromatic carbocycles. The number of hydrogen-bond donors (Lipinski definition) is 1. The van der Waals surface area contributed by atoms with Gasteiger partial charge in [0.2, 0.25) is 5.91 Å². The van der Waals surface area contributed by atoms with Crippen LogP contribution in [0.25, 0.3) is 11.1 Å². The third-order valence-electron chi connectivity index (χ3n) is 4.52. The van der Waals surface area contributed by atoms with Crippen molar-refractivity contribution in [2.45, 2.75) is 31.5 Å². The van der Waals surface area contributed by atoms with Crippen molar-refractivity contribution in [3.63, 3.8) is 0 Å². The lowest BCUT2D eigenvalue weighted by Crippen LogP contribution is -2.27. The van der Waals surface area contributed by atoms with Crippen LogP contribution in [0, 0.1) is 5.92 Å². The third-order valence-corrected chi connectivity index (χ3v) is 5.70. The van der Waals surface area contributed by atoms with Gasteiger partial charge >= 0.3 is 6.18 Å². The third kappa shape index (κ3) is 4.14. The number of carbonyl (C=O) groups is 1. The van der Waals surface area contributed by atoms with E-state index in [0.717, 1.165) is 21.7 Å². The predicted octanol–water partition coefficient (Wildman–Crippen LogP) is 4.81. The number of aromatic nitrogens is 1. The highest BCUT2D eigenvalue weighted by molar-refractivity contribution is 7.13. The molecule has 28 heavy (non-hydrogen) atoms. The summed E-state index contributed by atoms with van der Waals surface area (Å²) in [5, 5.41) is 3.07. The Morgan fingerprint density at radius 1 is 1.36 bits per heavy atom. The number of alkyl halides is 3. The standard InChI is InChI=1S/C19H17F3N2O3S/c1-10(15-6-7-16(28-15)26-9-19(20,21)22)23-17(25)11-8-12(11)18-24-13-4-2-3-5-14(13)27-18/h2-7,10-12H,8-9H2,1H3,(H,23,25)/t10-,11?,12-/m1/s1. The summed E-state index contributed by atoms with van der Waals surface area (Å²) < 4.78 is 47.1. The number of rotatable bonds is 6. The van der Waals surface area contributed by atoms with Crippen LogP contribution >= 0.6 is 11.3 Å². The van der Waals surface area contributed by atoms with Gasteiger partial charge in [0.25, 0.3) is 0 Å². The Morgan fingerprint density at radius 3 is 2.89 bits per heavy atom. The molecular weight excluding hydrogens is 393 g/mol. The molecule has 0 radical (unpaired) electrons. The number of nitrogens with one attached hydrogen (secondary N) is 1. The quantitative estimate of drug-likeness (QED) is 0.633. The summed E-state index contributed by atoms with van der Waals surface area (Å²) in [6.45, 7) is 0.454. The van der Waals surface area contributed by atoms with Crippen LogP contribution in [-0.4, -0.2) is 23.7 Å². The van der Waals surface area contributed by atoms with Crippen LogP contribution in [0.1, 0.15) is 36.1 Å². The van der Waals surface area contributed by atoms with E-state index in [0.29, 0.717) is 17.9 Å². The zero-order chi connectivity index (χ0) is 19.9. The first kappa shape index (κ1) is 18.8. The fourth-order valence-corrected chi connectivity index (χ4v) is 3.85. The summed E-state index contributed by atoms with van der Waals surface area (Å²) in [4.78, 5) is 17.7. The molecule has 1 aliphatic rings. The van der Waals surface area contributed by atoms with Gasteiger partial charge in [0.1, 0.15) is 5.52 Å². The molecule has 1 unspecified atom stereocenters. The van der Waals surface area contributed by atoms with Crippen molar-refractivity contribution in [2.24, 2.45) is 5.92 Å². The highest BCUT2D eigenvalue weighted by Gasteiger charge is 2.47. The second-order valence-corrected chi connectivity index (χ2v) is 7.84. The van der Waals surface area contributed by atoms with Gasteiger partial charge in [-0.25, -0.2) is 4.98 Å². The van der Waals surface area contributed by atoms with E-state index < -0.39 is 12.8 Å². The van der Waals surface area contributed by atoms with E-state index in [1.807, 2.05) is 24.3 Å². The maximum Gasteiger partial charge on any atom is 0.422 e. The average Bonchev–Trinajstić information content (AvgIpc) is 3.11. The van der Waals surface area contributed by atoms with Crippen LogP contribution in [0.4, 0.5) is 13.2 Å². The van der Waals surface area contributed by atoms with Crippen LogP contribution in [0.15, 0.2) is 40.8 Å². The highest BCUT2D eigenvalue weighted by Crippen LogP contribution is 2.48. The van der Waals surface area contributed by atoms with Crippen LogP contribution in [0.2, 0.25) is 0 Å². The normalized spacial score (nSPS) is 20.1. The van der Waals surface area contributed by atoms with Gasteiger partial charge in [-0.1, -0.05) is 12.1 Å². The van der Waals surface area contributed by atoms with Crippen molar-refractivity contribution in [2.75, 3.05) is 6.61 Å². The molecule has 0 bridgehead atoms. The minimum atomic E-state index is -4.38. The number of para-hydroxylation sites is 2. The van der Waals surface area contributed by atoms with Crippen LogP contribution in [0.5, 0.6) is 5.06 Å². The van der Waals surface area contributed by atoms with E-state index in [9.17, 15) is 18.0 Å². The molecule has 0 saturated heterocycles. The Balaban J connectivity index is 1.33. The fraction of sp³-hybridized carbons (Fsp3) is 0.368. The molecule has 2 aromatic heterocycles. The summed E-state index contributed by atoms with van der Waals surface area (Å²) >= 11 is 1.09. The van der Waals surface area contributed by atoms with E-state index in [1.54, 1.807) is 13.0 Å². The van der Waals surface area contributed by atoms with Gasteiger partial charge in [-0.2, -0.15) is 13.2 Å². The lowest BCUT2D eigenvalue weighted by Gasteiger charge is -2.12. The van der Waals surface area contributed by atoms with Gasteiger partial charge in [-0.05, 0) is 37.6 Å². The number of hydrogen-bond acceptors (Lipinski definition) is 5. The summed E-state index contributed by atoms with van der Waals surface area (Å²) in [5.41, 5.74) is 1.46. The van der Waals surface area contributed by atoms with Crippen molar-refractivity contribution >= 4 is 28.3 Å². The predicted molar refractivity (Wildman–Crippen MR) is 97.3 cm³/mol. The van der Waals surface area contributed by atoms with E-state index in [1.165, 1.54) is 6.07 Å². The second kappa shape index (κ2) is 7.12. The number of carbonyl (C=O) groups excluding carboxylic acids is 1. The first-order chi connectivity index (χ1) is 13.3. The Kier molecular flexibility index (Phi) is 4.78. The number of fused-ring (bicyclic) bond motifs is 1. The second-order valence-electron chi connectivity index (χ2n) is 6.76. The van der Waals surface area contributed by atoms with Gasteiger partial charge in [0, 0.05) is 10.8 Å². The van der Waals surface area contributed by atoms with Crippen LogP contribution in [-0.2, 0) is 4.79 Å². The number of benzene rings is 1. The Hall–Kier alpha value is -2.55. The van der Waals surface area contributed by atoms with Gasteiger partial charge < -0.3 is 14.5 Å². The molecule has 4 rings (SSSR count). The maximum absolute atomic E-state index is 12.5. The molecule has 1 N–H and O–H groups in total. The molecule has 1 fully saturated rings. The van der Waals surface area contributed by atoms with Crippen molar-refractivity contribution in [3.05, 3.63) is 47.2 Å². The molecule has 5 nitrogen and oxygen atoms in total. The zero-order valence-electron chi connectivity index (χ0n) is 14.8. The van der Waals surface area contributed by atoms with E-state index in [-0.39, 0.29) is 28.8 Å². The summed E-state index contributed by atoms with van der Waals surface area (Å²) in [6, 6.07) is 10.2. The van der Waals surface area contributed by atoms with E-state index in [4.69, 9.17) is 9.15 Å². The number of ether oxygens (including phenoxy) is 1. The molecule has 9 heteroatoms. The molecule has 3 atom stereocenters. The lowest BCUT2D eigenvalue weighted by atomic mass is 10.2. The molecule has 0 aliphatic heterocycles. The minimum Gasteiger partial charge on any atom is -0.475 e.